The van der Waals surface area contributed by atoms with Crippen LogP contribution in [0.1, 0.15) is 42.5 Å². The highest BCUT2D eigenvalue weighted by Crippen LogP contribution is 2.36. The van der Waals surface area contributed by atoms with Crippen LogP contribution in [0.4, 0.5) is 11.4 Å². The van der Waals surface area contributed by atoms with Crippen LogP contribution < -0.4 is 14.8 Å². The smallest absolute Gasteiger partial charge is 0.259 e. The Morgan fingerprint density at radius 2 is 1.77 bits per heavy atom. The average molecular weight is 372 g/mol. The van der Waals surface area contributed by atoms with E-state index in [0.717, 1.165) is 19.3 Å². The first-order chi connectivity index (χ1) is 12.5. The molecule has 26 heavy (non-hydrogen) atoms. The Morgan fingerprint density at radius 1 is 1.00 bits per heavy atom. The molecule has 7 heteroatoms. The Labute approximate surface area is 152 Å². The van der Waals surface area contributed by atoms with E-state index in [1.807, 2.05) is 12.1 Å². The third kappa shape index (κ3) is 3.26. The number of para-hydroxylation sites is 2. The molecule has 1 amide bonds. The summed E-state index contributed by atoms with van der Waals surface area (Å²) in [5, 5.41) is 2.42. The van der Waals surface area contributed by atoms with E-state index in [1.54, 1.807) is 24.3 Å². The number of hydrogen-bond donors (Lipinski definition) is 2. The predicted molar refractivity (Wildman–Crippen MR) is 100 cm³/mol. The Kier molecular flexibility index (Phi) is 4.32. The van der Waals surface area contributed by atoms with Crippen LogP contribution in [0, 0.1) is 0 Å². The van der Waals surface area contributed by atoms with E-state index < -0.39 is 10.0 Å². The molecule has 2 aromatic carbocycles. The van der Waals surface area contributed by atoms with Gasteiger partial charge in [-0.25, -0.2) is 8.42 Å². The zero-order chi connectivity index (χ0) is 18.1. The predicted octanol–water partition coefficient (Wildman–Crippen LogP) is 4.12. The Hall–Kier alpha value is -2.54. The third-order valence-electron chi connectivity index (χ3n) is 4.83. The van der Waals surface area contributed by atoms with Gasteiger partial charge in [0.05, 0.1) is 16.5 Å². The normalized spacial score (nSPS) is 17.3. The molecule has 2 aromatic rings. The van der Waals surface area contributed by atoms with Crippen LogP contribution in [0.25, 0.3) is 0 Å². The summed E-state index contributed by atoms with van der Waals surface area (Å²) in [6.07, 6.45) is 4.32. The van der Waals surface area contributed by atoms with Crippen molar-refractivity contribution in [2.75, 3.05) is 10.0 Å². The lowest BCUT2D eigenvalue weighted by atomic mass is 10.0. The van der Waals surface area contributed by atoms with Gasteiger partial charge < -0.3 is 10.1 Å². The quantitative estimate of drug-likeness (QED) is 0.849. The Bertz CT molecular complexity index is 950. The standard InChI is InChI=1S/C19H20N2O4S/c22-19-15-12-13(21-26(23,24)14-6-2-1-3-7-14)10-11-17(15)25-18-9-5-4-8-16(18)20-19/h4-5,8-12,14,21H,1-3,6-7H2,(H,20,22). The molecule has 0 bridgehead atoms. The lowest BCUT2D eigenvalue weighted by Gasteiger charge is -2.22. The summed E-state index contributed by atoms with van der Waals surface area (Å²) in [4.78, 5) is 12.5. The number of carbonyl (C=O) groups is 1. The molecule has 0 aromatic heterocycles. The van der Waals surface area contributed by atoms with Crippen LogP contribution in [0.5, 0.6) is 11.5 Å². The van der Waals surface area contributed by atoms with E-state index in [-0.39, 0.29) is 11.2 Å². The molecule has 2 N–H and O–H groups in total. The molecule has 136 valence electrons. The first-order valence-electron chi connectivity index (χ1n) is 8.77. The van der Waals surface area contributed by atoms with E-state index in [9.17, 15) is 13.2 Å². The van der Waals surface area contributed by atoms with E-state index in [1.165, 1.54) is 6.07 Å². The highest BCUT2D eigenvalue weighted by Gasteiger charge is 2.28. The molecule has 0 atom stereocenters. The third-order valence-corrected chi connectivity index (χ3v) is 6.70. The minimum Gasteiger partial charge on any atom is -0.454 e. The second kappa shape index (κ2) is 6.64. The number of carbonyl (C=O) groups excluding carboxylic acids is 1. The van der Waals surface area contributed by atoms with Crippen molar-refractivity contribution in [3.63, 3.8) is 0 Å². The average Bonchev–Trinajstić information content (AvgIpc) is 2.78. The molecular formula is C19H20N2O4S. The lowest BCUT2D eigenvalue weighted by Crippen LogP contribution is -2.29. The van der Waals surface area contributed by atoms with Crippen molar-refractivity contribution in [1.29, 1.82) is 0 Å². The van der Waals surface area contributed by atoms with Gasteiger partial charge in [-0.1, -0.05) is 31.4 Å². The SMILES string of the molecule is O=C1Nc2ccccc2Oc2ccc(NS(=O)(=O)C3CCCCC3)cc21. The molecule has 0 radical (unpaired) electrons. The maximum Gasteiger partial charge on any atom is 0.259 e. The van der Waals surface area contributed by atoms with Gasteiger partial charge in [-0.2, -0.15) is 0 Å². The van der Waals surface area contributed by atoms with Crippen molar-refractivity contribution in [2.24, 2.45) is 0 Å². The van der Waals surface area contributed by atoms with Crippen LogP contribution in [0.15, 0.2) is 42.5 Å². The van der Waals surface area contributed by atoms with Crippen LogP contribution in [0.3, 0.4) is 0 Å². The van der Waals surface area contributed by atoms with Gasteiger partial charge >= 0.3 is 0 Å². The lowest BCUT2D eigenvalue weighted by molar-refractivity contribution is 0.102. The number of ether oxygens (including phenoxy) is 1. The van der Waals surface area contributed by atoms with Crippen molar-refractivity contribution in [2.45, 2.75) is 37.4 Å². The van der Waals surface area contributed by atoms with Crippen LogP contribution in [-0.4, -0.2) is 19.6 Å². The summed E-state index contributed by atoms with van der Waals surface area (Å²) in [5.41, 5.74) is 1.25. The fraction of sp³-hybridized carbons (Fsp3) is 0.316. The van der Waals surface area contributed by atoms with Crippen LogP contribution >= 0.6 is 0 Å². The molecule has 4 rings (SSSR count). The van der Waals surface area contributed by atoms with Gasteiger partial charge in [0.2, 0.25) is 10.0 Å². The number of fused-ring (bicyclic) bond motifs is 2. The maximum absolute atomic E-state index is 12.6. The topological polar surface area (TPSA) is 84.5 Å². The van der Waals surface area contributed by atoms with Gasteiger partial charge in [0, 0.05) is 5.69 Å². The number of nitrogens with one attached hydrogen (secondary N) is 2. The fourth-order valence-corrected chi connectivity index (χ4v) is 5.03. The van der Waals surface area contributed by atoms with Crippen molar-refractivity contribution in [3.8, 4) is 11.5 Å². The Balaban J connectivity index is 1.61. The molecule has 1 fully saturated rings. The maximum atomic E-state index is 12.6. The zero-order valence-electron chi connectivity index (χ0n) is 14.2. The minimum absolute atomic E-state index is 0.296. The van der Waals surface area contributed by atoms with Crippen molar-refractivity contribution in [1.82, 2.24) is 0 Å². The van der Waals surface area contributed by atoms with E-state index in [4.69, 9.17) is 4.74 Å². The number of hydrogen-bond acceptors (Lipinski definition) is 4. The van der Waals surface area contributed by atoms with Gasteiger partial charge in [-0.05, 0) is 43.2 Å². The molecule has 1 saturated carbocycles. The number of amides is 1. The van der Waals surface area contributed by atoms with Crippen molar-refractivity contribution in [3.05, 3.63) is 48.0 Å². The first-order valence-corrected chi connectivity index (χ1v) is 10.3. The van der Waals surface area contributed by atoms with E-state index in [0.29, 0.717) is 41.3 Å². The first kappa shape index (κ1) is 16.9. The molecular weight excluding hydrogens is 352 g/mol. The van der Waals surface area contributed by atoms with Gasteiger partial charge in [0.1, 0.15) is 5.75 Å². The molecule has 1 aliphatic heterocycles. The summed E-state index contributed by atoms with van der Waals surface area (Å²) in [6.45, 7) is 0. The summed E-state index contributed by atoms with van der Waals surface area (Å²) in [7, 11) is -3.47. The number of rotatable bonds is 3. The second-order valence-corrected chi connectivity index (χ2v) is 8.63. The van der Waals surface area contributed by atoms with Crippen molar-refractivity contribution < 1.29 is 17.9 Å². The monoisotopic (exact) mass is 372 g/mol. The number of benzene rings is 2. The van der Waals surface area contributed by atoms with E-state index in [2.05, 4.69) is 10.0 Å². The molecule has 0 saturated heterocycles. The van der Waals surface area contributed by atoms with Gasteiger partial charge in [0.25, 0.3) is 5.91 Å². The summed E-state index contributed by atoms with van der Waals surface area (Å²) in [6, 6.07) is 11.9. The fourth-order valence-electron chi connectivity index (χ4n) is 3.45. The van der Waals surface area contributed by atoms with Crippen LogP contribution in [0.2, 0.25) is 0 Å². The zero-order valence-corrected chi connectivity index (χ0v) is 15.0. The number of anilines is 2. The molecule has 2 aliphatic rings. The van der Waals surface area contributed by atoms with Crippen LogP contribution in [-0.2, 0) is 10.0 Å². The minimum atomic E-state index is -3.47. The van der Waals surface area contributed by atoms with Crippen molar-refractivity contribution >= 4 is 27.3 Å². The molecule has 1 aliphatic carbocycles. The largest absolute Gasteiger partial charge is 0.454 e. The van der Waals surface area contributed by atoms with E-state index >= 15 is 0 Å². The summed E-state index contributed by atoms with van der Waals surface area (Å²) in [5.74, 6) is 0.617. The Morgan fingerprint density at radius 3 is 2.58 bits per heavy atom. The highest BCUT2D eigenvalue weighted by atomic mass is 32.2. The molecule has 6 nitrogen and oxygen atoms in total. The summed E-state index contributed by atoms with van der Waals surface area (Å²) < 4.78 is 33.7. The highest BCUT2D eigenvalue weighted by molar-refractivity contribution is 7.93. The van der Waals surface area contributed by atoms with Gasteiger partial charge in [-0.3, -0.25) is 9.52 Å². The summed E-state index contributed by atoms with van der Waals surface area (Å²) >= 11 is 0. The molecule has 1 heterocycles. The number of sulfonamides is 1. The molecule has 0 unspecified atom stereocenters. The second-order valence-electron chi connectivity index (χ2n) is 6.67. The molecule has 0 spiro atoms. The van der Waals surface area contributed by atoms with Gasteiger partial charge in [-0.15, -0.1) is 0 Å². The van der Waals surface area contributed by atoms with Gasteiger partial charge in [0.15, 0.2) is 5.75 Å².